The van der Waals surface area contributed by atoms with Crippen molar-refractivity contribution in [2.24, 2.45) is 0 Å². The van der Waals surface area contributed by atoms with Gasteiger partial charge in [-0.25, -0.2) is 8.42 Å². The zero-order valence-corrected chi connectivity index (χ0v) is 22.2. The summed E-state index contributed by atoms with van der Waals surface area (Å²) in [7, 11) is -3.87. The highest BCUT2D eigenvalue weighted by atomic mass is 32.2. The van der Waals surface area contributed by atoms with E-state index in [9.17, 15) is 13.5 Å². The molecule has 0 aliphatic carbocycles. The second-order valence-corrected chi connectivity index (χ2v) is 11.5. The van der Waals surface area contributed by atoms with Gasteiger partial charge in [0.25, 0.3) is 10.0 Å². The molecule has 0 bridgehead atoms. The fourth-order valence-corrected chi connectivity index (χ4v) is 6.02. The Bertz CT molecular complexity index is 1330. The zero-order chi connectivity index (χ0) is 26.3. The van der Waals surface area contributed by atoms with Crippen molar-refractivity contribution in [3.8, 4) is 0 Å². The summed E-state index contributed by atoms with van der Waals surface area (Å²) in [6.45, 7) is 5.67. The van der Waals surface area contributed by atoms with Gasteiger partial charge in [0.05, 0.1) is 17.1 Å². The lowest BCUT2D eigenvalue weighted by Gasteiger charge is -2.29. The summed E-state index contributed by atoms with van der Waals surface area (Å²) in [6.07, 6.45) is -0.872. The van der Waals surface area contributed by atoms with Crippen molar-refractivity contribution < 1.29 is 18.4 Å². The molecule has 37 heavy (non-hydrogen) atoms. The first-order chi connectivity index (χ1) is 17.8. The maximum Gasteiger partial charge on any atom is 0.264 e. The lowest BCUT2D eigenvalue weighted by Crippen LogP contribution is -3.10. The summed E-state index contributed by atoms with van der Waals surface area (Å²) in [4.78, 5) is 1.37. The van der Waals surface area contributed by atoms with E-state index in [1.165, 1.54) is 15.4 Å². The van der Waals surface area contributed by atoms with E-state index < -0.39 is 16.1 Å². The lowest BCUT2D eigenvalue weighted by molar-refractivity contribution is -0.930. The van der Waals surface area contributed by atoms with E-state index in [2.05, 4.69) is 24.3 Å². The van der Waals surface area contributed by atoms with Crippen LogP contribution < -0.4 is 9.21 Å². The highest BCUT2D eigenvalue weighted by Gasteiger charge is 2.29. The van der Waals surface area contributed by atoms with Crippen molar-refractivity contribution in [2.45, 2.75) is 37.9 Å². The summed E-state index contributed by atoms with van der Waals surface area (Å²) in [5.74, 6) is 0. The van der Waals surface area contributed by atoms with Gasteiger partial charge in [-0.3, -0.25) is 4.31 Å². The lowest BCUT2D eigenvalue weighted by atomic mass is 10.1. The third kappa shape index (κ3) is 7.29. The molecule has 1 unspecified atom stereocenters. The monoisotopic (exact) mass is 515 g/mol. The number of nitrogens with zero attached hydrogens (tertiary/aromatic N) is 1. The third-order valence-electron chi connectivity index (χ3n) is 6.39. The van der Waals surface area contributed by atoms with Gasteiger partial charge in [0, 0.05) is 11.1 Å². The first-order valence-corrected chi connectivity index (χ1v) is 14.0. The quantitative estimate of drug-likeness (QED) is 0.316. The molecule has 0 fully saturated rings. The molecule has 0 aromatic heterocycles. The molecule has 0 saturated carbocycles. The molecule has 0 saturated heterocycles. The summed E-state index contributed by atoms with van der Waals surface area (Å²) < 4.78 is 28.9. The Kier molecular flexibility index (Phi) is 8.77. The second-order valence-electron chi connectivity index (χ2n) is 9.62. The molecule has 4 aromatic rings. The molecule has 0 aliphatic heterocycles. The molecule has 4 rings (SSSR count). The molecule has 4 aromatic carbocycles. The molecule has 5 nitrogen and oxygen atoms in total. The molecular formula is C31H35N2O3S+. The minimum atomic E-state index is -3.87. The molecule has 2 N–H and O–H groups in total. The maximum atomic E-state index is 13.8. The first kappa shape index (κ1) is 26.6. The zero-order valence-electron chi connectivity index (χ0n) is 21.4. The minimum Gasteiger partial charge on any atom is -0.385 e. The fraction of sp³-hybridized carbons (Fsp3) is 0.226. The molecule has 0 amide bonds. The molecule has 0 spiro atoms. The first-order valence-electron chi connectivity index (χ1n) is 12.6. The highest BCUT2D eigenvalue weighted by Crippen LogP contribution is 2.25. The predicted molar refractivity (Wildman–Crippen MR) is 149 cm³/mol. The molecule has 1 atom stereocenters. The van der Waals surface area contributed by atoms with E-state index in [0.717, 1.165) is 29.1 Å². The van der Waals surface area contributed by atoms with Gasteiger partial charge in [-0.1, -0.05) is 90.5 Å². The van der Waals surface area contributed by atoms with Gasteiger partial charge in [-0.15, -0.1) is 0 Å². The van der Waals surface area contributed by atoms with Gasteiger partial charge in [0.15, 0.2) is 0 Å². The van der Waals surface area contributed by atoms with Crippen LogP contribution in [0.4, 0.5) is 5.69 Å². The average Bonchev–Trinajstić information content (AvgIpc) is 2.88. The van der Waals surface area contributed by atoms with Gasteiger partial charge >= 0.3 is 0 Å². The van der Waals surface area contributed by atoms with Gasteiger partial charge in [-0.2, -0.15) is 0 Å². The number of benzene rings is 4. The molecule has 0 radical (unpaired) electrons. The van der Waals surface area contributed by atoms with Crippen LogP contribution in [0.25, 0.3) is 0 Å². The van der Waals surface area contributed by atoms with Crippen molar-refractivity contribution in [1.29, 1.82) is 0 Å². The van der Waals surface area contributed by atoms with Gasteiger partial charge in [0.2, 0.25) is 0 Å². The van der Waals surface area contributed by atoms with Crippen molar-refractivity contribution in [2.75, 3.05) is 17.4 Å². The van der Waals surface area contributed by atoms with Crippen LogP contribution in [0.1, 0.15) is 22.3 Å². The number of nitrogens with one attached hydrogen (secondary N) is 1. The Morgan fingerprint density at radius 1 is 0.730 bits per heavy atom. The molecule has 6 heteroatoms. The normalized spacial score (nSPS) is 12.4. The van der Waals surface area contributed by atoms with Crippen LogP contribution in [0.5, 0.6) is 0 Å². The van der Waals surface area contributed by atoms with E-state index in [-0.39, 0.29) is 11.4 Å². The Labute approximate surface area is 220 Å². The number of quaternary nitrogens is 1. The number of sulfonamides is 1. The number of aliphatic hydroxyl groups is 1. The molecule has 0 aliphatic rings. The number of hydrogen-bond acceptors (Lipinski definition) is 3. The second kappa shape index (κ2) is 12.2. The number of anilines is 1. The number of aliphatic hydroxyl groups excluding tert-OH is 1. The van der Waals surface area contributed by atoms with Crippen LogP contribution in [0.2, 0.25) is 0 Å². The topological polar surface area (TPSA) is 62.0 Å². The van der Waals surface area contributed by atoms with Crippen LogP contribution >= 0.6 is 0 Å². The van der Waals surface area contributed by atoms with Crippen LogP contribution in [-0.2, 0) is 23.1 Å². The SMILES string of the molecule is Cc1ccc(S(=O)(=O)N(CC(O)C[NH+](Cc2ccccc2)Cc2ccccc2)c2cccc(C)c2)cc1. The van der Waals surface area contributed by atoms with Crippen molar-refractivity contribution >= 4 is 15.7 Å². The van der Waals surface area contributed by atoms with E-state index in [0.29, 0.717) is 12.2 Å². The van der Waals surface area contributed by atoms with Crippen LogP contribution in [0.15, 0.2) is 114 Å². The van der Waals surface area contributed by atoms with Crippen LogP contribution in [-0.4, -0.2) is 32.7 Å². The standard InChI is InChI=1S/C31H34N2O3S/c1-25-16-18-31(19-17-25)37(35,36)33(29-15-9-10-26(2)20-29)24-30(34)23-32(21-27-11-5-3-6-12-27)22-28-13-7-4-8-14-28/h3-20,30,34H,21-24H2,1-2H3/p+1. The Hall–Kier alpha value is -3.45. The third-order valence-corrected chi connectivity index (χ3v) is 8.20. The van der Waals surface area contributed by atoms with E-state index in [4.69, 9.17) is 0 Å². The van der Waals surface area contributed by atoms with Gasteiger partial charge in [0.1, 0.15) is 25.7 Å². The fourth-order valence-electron chi connectivity index (χ4n) is 4.53. The molecule has 0 heterocycles. The summed E-state index contributed by atoms with van der Waals surface area (Å²) >= 11 is 0. The maximum absolute atomic E-state index is 13.8. The largest absolute Gasteiger partial charge is 0.385 e. The Balaban J connectivity index is 1.60. The van der Waals surface area contributed by atoms with Gasteiger partial charge in [-0.05, 0) is 43.7 Å². The number of rotatable bonds is 11. The van der Waals surface area contributed by atoms with E-state index >= 15 is 0 Å². The van der Waals surface area contributed by atoms with Crippen molar-refractivity contribution in [1.82, 2.24) is 0 Å². The summed E-state index contributed by atoms with van der Waals surface area (Å²) in [6, 6.07) is 34.6. The number of aryl methyl sites for hydroxylation is 2. The summed E-state index contributed by atoms with van der Waals surface area (Å²) in [5.41, 5.74) is 4.83. The summed E-state index contributed by atoms with van der Waals surface area (Å²) in [5, 5.41) is 11.3. The predicted octanol–water partition coefficient (Wildman–Crippen LogP) is 4.14. The van der Waals surface area contributed by atoms with E-state index in [1.54, 1.807) is 30.3 Å². The van der Waals surface area contributed by atoms with Gasteiger partial charge < -0.3 is 10.0 Å². The van der Waals surface area contributed by atoms with Crippen molar-refractivity contribution in [3.05, 3.63) is 131 Å². The highest BCUT2D eigenvalue weighted by molar-refractivity contribution is 7.92. The Morgan fingerprint density at radius 3 is 1.84 bits per heavy atom. The van der Waals surface area contributed by atoms with Crippen LogP contribution in [0, 0.1) is 13.8 Å². The van der Waals surface area contributed by atoms with E-state index in [1.807, 2.05) is 68.4 Å². The molecular weight excluding hydrogens is 480 g/mol. The average molecular weight is 516 g/mol. The smallest absolute Gasteiger partial charge is 0.264 e. The van der Waals surface area contributed by atoms with Crippen LogP contribution in [0.3, 0.4) is 0 Å². The van der Waals surface area contributed by atoms with Crippen molar-refractivity contribution in [3.63, 3.8) is 0 Å². The Morgan fingerprint density at radius 2 is 1.30 bits per heavy atom. The number of hydrogen-bond donors (Lipinski definition) is 2. The minimum absolute atomic E-state index is 0.0350. The molecule has 192 valence electrons.